The minimum atomic E-state index is -0.540. The number of primary amides is 1. The predicted molar refractivity (Wildman–Crippen MR) is 105 cm³/mol. The first-order chi connectivity index (χ1) is 13.1. The monoisotopic (exact) mass is 360 g/mol. The molecule has 0 bridgehead atoms. The number of pyridine rings is 1. The lowest BCUT2D eigenvalue weighted by molar-refractivity contribution is 0.0748. The van der Waals surface area contributed by atoms with Crippen molar-refractivity contribution in [1.29, 1.82) is 0 Å². The number of amides is 2. The summed E-state index contributed by atoms with van der Waals surface area (Å²) in [4.78, 5) is 32.6. The molecule has 0 unspecified atom stereocenters. The molecule has 6 heteroatoms. The maximum Gasteiger partial charge on any atom is 0.267 e. The molecular formula is C21H20N4O2. The molecule has 136 valence electrons. The maximum absolute atomic E-state index is 13.0. The highest BCUT2D eigenvalue weighted by Gasteiger charge is 2.24. The summed E-state index contributed by atoms with van der Waals surface area (Å²) in [5.41, 5.74) is 6.29. The van der Waals surface area contributed by atoms with Crippen LogP contribution in [0.1, 0.15) is 20.8 Å². The van der Waals surface area contributed by atoms with Crippen LogP contribution in [0.2, 0.25) is 0 Å². The molecule has 0 radical (unpaired) electrons. The summed E-state index contributed by atoms with van der Waals surface area (Å²) in [6, 6.07) is 19.0. The van der Waals surface area contributed by atoms with Crippen LogP contribution in [0.25, 0.3) is 10.8 Å². The van der Waals surface area contributed by atoms with E-state index in [0.29, 0.717) is 32.0 Å². The van der Waals surface area contributed by atoms with Crippen LogP contribution < -0.4 is 10.6 Å². The first-order valence-corrected chi connectivity index (χ1v) is 8.92. The molecule has 2 N–H and O–H groups in total. The van der Waals surface area contributed by atoms with Gasteiger partial charge in [-0.2, -0.15) is 0 Å². The molecule has 1 aliphatic rings. The first-order valence-electron chi connectivity index (χ1n) is 8.92. The topological polar surface area (TPSA) is 79.5 Å². The zero-order valence-electron chi connectivity index (χ0n) is 14.8. The Hall–Kier alpha value is -3.41. The zero-order chi connectivity index (χ0) is 18.8. The van der Waals surface area contributed by atoms with E-state index in [-0.39, 0.29) is 11.6 Å². The highest BCUT2D eigenvalue weighted by molar-refractivity contribution is 6.07. The van der Waals surface area contributed by atoms with Gasteiger partial charge >= 0.3 is 0 Å². The normalized spacial score (nSPS) is 14.4. The molecule has 4 rings (SSSR count). The molecule has 0 saturated carbocycles. The summed E-state index contributed by atoms with van der Waals surface area (Å²) in [5.74, 6) is 0.218. The van der Waals surface area contributed by atoms with Gasteiger partial charge in [0.1, 0.15) is 11.5 Å². The standard InChI is InChI=1S/C21H20N4O2/c22-20(26)18-9-4-10-19(23-18)24-11-13-25(14-12-24)21(27)17-8-3-6-15-5-1-2-7-16(15)17/h1-10H,11-14H2,(H2,22,26). The van der Waals surface area contributed by atoms with Gasteiger partial charge in [0.25, 0.3) is 11.8 Å². The Kier molecular flexibility index (Phi) is 4.46. The minimum absolute atomic E-state index is 0.0466. The van der Waals surface area contributed by atoms with E-state index in [1.807, 2.05) is 53.4 Å². The molecule has 2 heterocycles. The lowest BCUT2D eigenvalue weighted by Gasteiger charge is -2.35. The van der Waals surface area contributed by atoms with Gasteiger partial charge < -0.3 is 15.5 Å². The Morgan fingerprint density at radius 3 is 2.33 bits per heavy atom. The van der Waals surface area contributed by atoms with E-state index in [1.54, 1.807) is 12.1 Å². The molecular weight excluding hydrogens is 340 g/mol. The fourth-order valence-electron chi connectivity index (χ4n) is 3.46. The van der Waals surface area contributed by atoms with E-state index >= 15 is 0 Å². The van der Waals surface area contributed by atoms with E-state index in [0.717, 1.165) is 16.3 Å². The third-order valence-electron chi connectivity index (χ3n) is 4.90. The molecule has 2 amide bonds. The number of piperazine rings is 1. The second kappa shape index (κ2) is 7.07. The van der Waals surface area contributed by atoms with Crippen LogP contribution in [0.5, 0.6) is 0 Å². The van der Waals surface area contributed by atoms with Gasteiger partial charge in [0.15, 0.2) is 0 Å². The van der Waals surface area contributed by atoms with Gasteiger partial charge in [0.2, 0.25) is 0 Å². The molecule has 0 aliphatic carbocycles. The number of hydrogen-bond acceptors (Lipinski definition) is 4. The third-order valence-corrected chi connectivity index (χ3v) is 4.90. The maximum atomic E-state index is 13.0. The first kappa shape index (κ1) is 17.0. The molecule has 3 aromatic rings. The van der Waals surface area contributed by atoms with Crippen molar-refractivity contribution in [2.45, 2.75) is 0 Å². The van der Waals surface area contributed by atoms with Crippen LogP contribution in [-0.4, -0.2) is 47.9 Å². The molecule has 2 aromatic carbocycles. The minimum Gasteiger partial charge on any atom is -0.364 e. The average Bonchev–Trinajstić information content (AvgIpc) is 2.73. The number of nitrogens with zero attached hydrogens (tertiary/aromatic N) is 3. The van der Waals surface area contributed by atoms with E-state index in [4.69, 9.17) is 5.73 Å². The van der Waals surface area contributed by atoms with E-state index in [1.165, 1.54) is 0 Å². The summed E-state index contributed by atoms with van der Waals surface area (Å²) < 4.78 is 0. The van der Waals surface area contributed by atoms with Crippen molar-refractivity contribution in [3.8, 4) is 0 Å². The van der Waals surface area contributed by atoms with Crippen molar-refractivity contribution in [3.05, 3.63) is 71.9 Å². The fraction of sp³-hybridized carbons (Fsp3) is 0.190. The van der Waals surface area contributed by atoms with Crippen molar-refractivity contribution in [3.63, 3.8) is 0 Å². The van der Waals surface area contributed by atoms with Gasteiger partial charge in [-0.05, 0) is 29.0 Å². The van der Waals surface area contributed by atoms with Crippen LogP contribution in [0.3, 0.4) is 0 Å². The number of benzene rings is 2. The summed E-state index contributed by atoms with van der Waals surface area (Å²) >= 11 is 0. The van der Waals surface area contributed by atoms with E-state index in [2.05, 4.69) is 9.88 Å². The number of anilines is 1. The highest BCUT2D eigenvalue weighted by atomic mass is 16.2. The van der Waals surface area contributed by atoms with Gasteiger partial charge in [-0.25, -0.2) is 4.98 Å². The van der Waals surface area contributed by atoms with Gasteiger partial charge in [0, 0.05) is 31.7 Å². The van der Waals surface area contributed by atoms with Crippen LogP contribution in [0.15, 0.2) is 60.7 Å². The second-order valence-electron chi connectivity index (χ2n) is 6.55. The van der Waals surface area contributed by atoms with Crippen LogP contribution in [0, 0.1) is 0 Å². The number of nitrogens with two attached hydrogens (primary N) is 1. The Labute approximate surface area is 157 Å². The van der Waals surface area contributed by atoms with Crippen molar-refractivity contribution in [1.82, 2.24) is 9.88 Å². The van der Waals surface area contributed by atoms with Gasteiger partial charge in [0.05, 0.1) is 0 Å². The van der Waals surface area contributed by atoms with Crippen LogP contribution in [-0.2, 0) is 0 Å². The van der Waals surface area contributed by atoms with Gasteiger partial charge in [-0.3, -0.25) is 9.59 Å². The lowest BCUT2D eigenvalue weighted by Crippen LogP contribution is -2.49. The zero-order valence-corrected chi connectivity index (χ0v) is 14.8. The summed E-state index contributed by atoms with van der Waals surface area (Å²) in [6.45, 7) is 2.52. The number of rotatable bonds is 3. The fourth-order valence-corrected chi connectivity index (χ4v) is 3.46. The summed E-state index contributed by atoms with van der Waals surface area (Å²) in [7, 11) is 0. The molecule has 0 spiro atoms. The molecule has 27 heavy (non-hydrogen) atoms. The summed E-state index contributed by atoms with van der Waals surface area (Å²) in [6.07, 6.45) is 0. The SMILES string of the molecule is NC(=O)c1cccc(N2CCN(C(=O)c3cccc4ccccc34)CC2)n1. The Morgan fingerprint density at radius 2 is 1.56 bits per heavy atom. The quantitative estimate of drug-likeness (QED) is 0.777. The number of fused-ring (bicyclic) bond motifs is 1. The number of hydrogen-bond donors (Lipinski definition) is 1. The summed E-state index contributed by atoms with van der Waals surface area (Å²) in [5, 5.41) is 2.04. The van der Waals surface area contributed by atoms with E-state index in [9.17, 15) is 9.59 Å². The predicted octanol–water partition coefficient (Wildman–Crippen LogP) is 2.30. The molecule has 0 atom stereocenters. The molecule has 6 nitrogen and oxygen atoms in total. The lowest BCUT2D eigenvalue weighted by atomic mass is 10.0. The Bertz CT molecular complexity index is 1000. The van der Waals surface area contributed by atoms with E-state index < -0.39 is 5.91 Å². The van der Waals surface area contributed by atoms with Crippen molar-refractivity contribution in [2.24, 2.45) is 5.73 Å². The van der Waals surface area contributed by atoms with Gasteiger partial charge in [-0.1, -0.05) is 42.5 Å². The average molecular weight is 360 g/mol. The number of carbonyl (C=O) groups is 2. The van der Waals surface area contributed by atoms with Crippen molar-refractivity contribution < 1.29 is 9.59 Å². The number of carbonyl (C=O) groups excluding carboxylic acids is 2. The smallest absolute Gasteiger partial charge is 0.267 e. The second-order valence-corrected chi connectivity index (χ2v) is 6.55. The van der Waals surface area contributed by atoms with Gasteiger partial charge in [-0.15, -0.1) is 0 Å². The third kappa shape index (κ3) is 3.33. The number of aromatic nitrogens is 1. The molecule has 1 fully saturated rings. The Morgan fingerprint density at radius 1 is 0.852 bits per heavy atom. The van der Waals surface area contributed by atoms with Crippen molar-refractivity contribution in [2.75, 3.05) is 31.1 Å². The van der Waals surface area contributed by atoms with Crippen LogP contribution >= 0.6 is 0 Å². The molecule has 1 saturated heterocycles. The van der Waals surface area contributed by atoms with Crippen LogP contribution in [0.4, 0.5) is 5.82 Å². The largest absolute Gasteiger partial charge is 0.364 e. The Balaban J connectivity index is 1.50. The van der Waals surface area contributed by atoms with Crippen molar-refractivity contribution >= 4 is 28.4 Å². The molecule has 1 aliphatic heterocycles. The highest BCUT2D eigenvalue weighted by Crippen LogP contribution is 2.21. The molecule has 1 aromatic heterocycles.